The number of benzene rings is 1. The number of aromatic nitrogens is 2. The average Bonchev–Trinajstić information content (AvgIpc) is 3.02. The molecule has 1 aromatic heterocycles. The Morgan fingerprint density at radius 1 is 1.17 bits per heavy atom. The van der Waals surface area contributed by atoms with Gasteiger partial charge in [-0.25, -0.2) is 0 Å². The molecule has 0 bridgehead atoms. The van der Waals surface area contributed by atoms with E-state index in [1.807, 2.05) is 24.3 Å². The van der Waals surface area contributed by atoms with Crippen LogP contribution in [-0.2, 0) is 6.42 Å². The Labute approximate surface area is 106 Å². The molecule has 1 saturated heterocycles. The largest absolute Gasteiger partial charge is 0.399 e. The Morgan fingerprint density at radius 2 is 1.89 bits per heavy atom. The lowest BCUT2D eigenvalue weighted by Gasteiger charge is -2.09. The molecule has 1 aliphatic heterocycles. The van der Waals surface area contributed by atoms with Crippen LogP contribution in [-0.4, -0.2) is 23.2 Å². The first-order valence-corrected chi connectivity index (χ1v) is 6.23. The molecule has 0 saturated carbocycles. The van der Waals surface area contributed by atoms with Crippen LogP contribution in [0.15, 0.2) is 28.8 Å². The van der Waals surface area contributed by atoms with Crippen molar-refractivity contribution < 1.29 is 4.52 Å². The van der Waals surface area contributed by atoms with Crippen molar-refractivity contribution in [3.8, 4) is 0 Å². The standard InChI is InChI=1S/C13H16N4O/c14-11-5-3-10(4-6-11)9-12-15-13(16-18-12)17-7-1-2-8-17/h3-6H,1-2,7-9,14H2. The minimum absolute atomic E-state index is 0.654. The van der Waals surface area contributed by atoms with Crippen molar-refractivity contribution in [1.82, 2.24) is 10.1 Å². The summed E-state index contributed by atoms with van der Waals surface area (Å²) in [5, 5.41) is 4.03. The van der Waals surface area contributed by atoms with Crippen LogP contribution in [0.2, 0.25) is 0 Å². The number of nitrogens with zero attached hydrogens (tertiary/aromatic N) is 3. The van der Waals surface area contributed by atoms with Crippen LogP contribution in [0.1, 0.15) is 24.3 Å². The second kappa shape index (κ2) is 4.68. The molecule has 1 fully saturated rings. The van der Waals surface area contributed by atoms with E-state index in [1.54, 1.807) is 0 Å². The minimum Gasteiger partial charge on any atom is -0.399 e. The first kappa shape index (κ1) is 11.1. The van der Waals surface area contributed by atoms with Gasteiger partial charge in [0.05, 0.1) is 6.42 Å². The van der Waals surface area contributed by atoms with E-state index in [4.69, 9.17) is 10.3 Å². The van der Waals surface area contributed by atoms with E-state index in [2.05, 4.69) is 15.0 Å². The van der Waals surface area contributed by atoms with E-state index in [-0.39, 0.29) is 0 Å². The van der Waals surface area contributed by atoms with Gasteiger partial charge in [-0.3, -0.25) is 0 Å². The lowest BCUT2D eigenvalue weighted by Crippen LogP contribution is -2.18. The fourth-order valence-corrected chi connectivity index (χ4v) is 2.17. The van der Waals surface area contributed by atoms with Gasteiger partial charge in [-0.1, -0.05) is 12.1 Å². The average molecular weight is 244 g/mol. The zero-order chi connectivity index (χ0) is 12.4. The Hall–Kier alpha value is -2.04. The molecule has 1 aromatic carbocycles. The summed E-state index contributed by atoms with van der Waals surface area (Å²) < 4.78 is 5.28. The molecule has 2 aromatic rings. The molecule has 0 spiro atoms. The summed E-state index contributed by atoms with van der Waals surface area (Å²) in [5.74, 6) is 1.37. The SMILES string of the molecule is Nc1ccc(Cc2nc(N3CCCC3)no2)cc1. The second-order valence-corrected chi connectivity index (χ2v) is 4.60. The zero-order valence-electron chi connectivity index (χ0n) is 10.2. The van der Waals surface area contributed by atoms with Gasteiger partial charge in [-0.15, -0.1) is 0 Å². The van der Waals surface area contributed by atoms with E-state index < -0.39 is 0 Å². The van der Waals surface area contributed by atoms with Crippen LogP contribution in [0.25, 0.3) is 0 Å². The topological polar surface area (TPSA) is 68.2 Å². The molecule has 5 heteroatoms. The van der Waals surface area contributed by atoms with Crippen molar-refractivity contribution in [2.24, 2.45) is 0 Å². The number of anilines is 2. The molecule has 0 atom stereocenters. The lowest BCUT2D eigenvalue weighted by atomic mass is 10.1. The second-order valence-electron chi connectivity index (χ2n) is 4.60. The van der Waals surface area contributed by atoms with Crippen LogP contribution in [0, 0.1) is 0 Å². The van der Waals surface area contributed by atoms with Gasteiger partial charge in [0.2, 0.25) is 5.89 Å². The third kappa shape index (κ3) is 2.30. The number of rotatable bonds is 3. The Morgan fingerprint density at radius 3 is 2.61 bits per heavy atom. The van der Waals surface area contributed by atoms with Crippen molar-refractivity contribution in [2.45, 2.75) is 19.3 Å². The van der Waals surface area contributed by atoms with Crippen molar-refractivity contribution in [1.29, 1.82) is 0 Å². The molecule has 1 aliphatic rings. The summed E-state index contributed by atoms with van der Waals surface area (Å²) in [5.41, 5.74) is 7.54. The highest BCUT2D eigenvalue weighted by Gasteiger charge is 2.17. The molecular formula is C13H16N4O. The lowest BCUT2D eigenvalue weighted by molar-refractivity contribution is 0.384. The predicted octanol–water partition coefficient (Wildman–Crippen LogP) is 1.84. The first-order chi connectivity index (χ1) is 8.81. The van der Waals surface area contributed by atoms with Crippen LogP contribution < -0.4 is 10.6 Å². The summed E-state index contributed by atoms with van der Waals surface area (Å²) in [6, 6.07) is 7.73. The van der Waals surface area contributed by atoms with Crippen LogP contribution in [0.5, 0.6) is 0 Å². The van der Waals surface area contributed by atoms with Crippen LogP contribution in [0.3, 0.4) is 0 Å². The zero-order valence-corrected chi connectivity index (χ0v) is 10.2. The predicted molar refractivity (Wildman–Crippen MR) is 69.4 cm³/mol. The van der Waals surface area contributed by atoms with Gasteiger partial charge in [0.25, 0.3) is 5.95 Å². The molecule has 5 nitrogen and oxygen atoms in total. The van der Waals surface area contributed by atoms with Crippen LogP contribution in [0.4, 0.5) is 11.6 Å². The van der Waals surface area contributed by atoms with Gasteiger partial charge < -0.3 is 15.2 Å². The molecule has 2 heterocycles. The number of nitrogen functional groups attached to an aromatic ring is 1. The van der Waals surface area contributed by atoms with E-state index >= 15 is 0 Å². The maximum atomic E-state index is 5.65. The number of hydrogen-bond acceptors (Lipinski definition) is 5. The highest BCUT2D eigenvalue weighted by atomic mass is 16.5. The van der Waals surface area contributed by atoms with Crippen molar-refractivity contribution in [2.75, 3.05) is 23.7 Å². The summed E-state index contributed by atoms with van der Waals surface area (Å²) in [4.78, 5) is 6.59. The summed E-state index contributed by atoms with van der Waals surface area (Å²) >= 11 is 0. The molecule has 0 amide bonds. The summed E-state index contributed by atoms with van der Waals surface area (Å²) in [6.45, 7) is 2.06. The molecule has 18 heavy (non-hydrogen) atoms. The molecule has 3 rings (SSSR count). The van der Waals surface area contributed by atoms with E-state index in [9.17, 15) is 0 Å². The van der Waals surface area contributed by atoms with Crippen molar-refractivity contribution in [3.05, 3.63) is 35.7 Å². The van der Waals surface area contributed by atoms with Crippen molar-refractivity contribution >= 4 is 11.6 Å². The Balaban J connectivity index is 1.71. The van der Waals surface area contributed by atoms with Gasteiger partial charge in [0.15, 0.2) is 0 Å². The molecule has 0 aliphatic carbocycles. The monoisotopic (exact) mass is 244 g/mol. The van der Waals surface area contributed by atoms with Gasteiger partial charge >= 0.3 is 0 Å². The third-order valence-corrected chi connectivity index (χ3v) is 3.18. The minimum atomic E-state index is 0.654. The van der Waals surface area contributed by atoms with Crippen LogP contribution >= 0.6 is 0 Å². The fourth-order valence-electron chi connectivity index (χ4n) is 2.17. The van der Waals surface area contributed by atoms with Crippen molar-refractivity contribution in [3.63, 3.8) is 0 Å². The highest BCUT2D eigenvalue weighted by Crippen LogP contribution is 2.17. The van der Waals surface area contributed by atoms with Gasteiger partial charge in [0.1, 0.15) is 0 Å². The van der Waals surface area contributed by atoms with Gasteiger partial charge in [0, 0.05) is 18.8 Å². The summed E-state index contributed by atoms with van der Waals surface area (Å²) in [6.07, 6.45) is 3.07. The van der Waals surface area contributed by atoms with E-state index in [1.165, 1.54) is 12.8 Å². The fraction of sp³-hybridized carbons (Fsp3) is 0.385. The van der Waals surface area contributed by atoms with Gasteiger partial charge in [-0.2, -0.15) is 4.98 Å². The molecule has 2 N–H and O–H groups in total. The molecule has 0 radical (unpaired) electrons. The normalized spacial score (nSPS) is 15.2. The molecule has 0 unspecified atom stereocenters. The van der Waals surface area contributed by atoms with E-state index in [0.717, 1.165) is 30.3 Å². The maximum absolute atomic E-state index is 5.65. The maximum Gasteiger partial charge on any atom is 0.266 e. The van der Waals surface area contributed by atoms with Gasteiger partial charge in [-0.05, 0) is 35.7 Å². The summed E-state index contributed by atoms with van der Waals surface area (Å²) in [7, 11) is 0. The Kier molecular flexibility index (Phi) is 2.88. The van der Waals surface area contributed by atoms with E-state index in [0.29, 0.717) is 12.3 Å². The molecule has 94 valence electrons. The highest BCUT2D eigenvalue weighted by molar-refractivity contribution is 5.40. The Bertz CT molecular complexity index is 514. The molecular weight excluding hydrogens is 228 g/mol. The quantitative estimate of drug-likeness (QED) is 0.834. The number of hydrogen-bond donors (Lipinski definition) is 1. The third-order valence-electron chi connectivity index (χ3n) is 3.18. The number of nitrogens with two attached hydrogens (primary N) is 1. The first-order valence-electron chi connectivity index (χ1n) is 6.23. The smallest absolute Gasteiger partial charge is 0.266 e.